The Morgan fingerprint density at radius 3 is 2.50 bits per heavy atom. The van der Waals surface area contributed by atoms with E-state index in [0.29, 0.717) is 18.9 Å². The molecular weight excluding hydrogens is 152 g/mol. The molecule has 0 saturated carbocycles. The second kappa shape index (κ2) is 5.81. The molecule has 0 amide bonds. The molecule has 1 atom stereocenters. The number of carbonyl (C=O) groups excluding carboxylic acids is 1. The number of hydrogen-bond acceptors (Lipinski definition) is 2. The van der Waals surface area contributed by atoms with E-state index in [-0.39, 0.29) is 11.9 Å². The molecule has 0 N–H and O–H groups in total. The molecule has 70 valence electrons. The fraction of sp³-hybridized carbons (Fsp3) is 0.700. The third-order valence-corrected chi connectivity index (χ3v) is 1.48. The van der Waals surface area contributed by atoms with Crippen molar-refractivity contribution in [2.75, 3.05) is 6.61 Å². The summed E-state index contributed by atoms with van der Waals surface area (Å²) in [6, 6.07) is 0. The third-order valence-electron chi connectivity index (χ3n) is 1.48. The number of esters is 1. The Bertz CT molecular complexity index is 150. The van der Waals surface area contributed by atoms with Crippen LogP contribution in [-0.4, -0.2) is 12.6 Å². The molecule has 0 bridgehead atoms. The van der Waals surface area contributed by atoms with Crippen LogP contribution in [0.2, 0.25) is 0 Å². The molecule has 0 radical (unpaired) electrons. The Kier molecular flexibility index (Phi) is 5.43. The molecule has 0 aromatic carbocycles. The standard InChI is InChI=1S/C10H18O2/c1-5-6-9(4)10(11)12-7-8(2)3/h5,8-9H,1,6-7H2,2-4H3. The first kappa shape index (κ1) is 11.2. The first-order chi connectivity index (χ1) is 5.57. The summed E-state index contributed by atoms with van der Waals surface area (Å²) >= 11 is 0. The molecular formula is C10H18O2. The minimum atomic E-state index is -0.122. The van der Waals surface area contributed by atoms with Gasteiger partial charge in [0.1, 0.15) is 0 Å². The zero-order chi connectivity index (χ0) is 9.56. The van der Waals surface area contributed by atoms with Gasteiger partial charge in [-0.25, -0.2) is 0 Å². The smallest absolute Gasteiger partial charge is 0.308 e. The molecule has 0 spiro atoms. The average Bonchev–Trinajstić information content (AvgIpc) is 2.00. The van der Waals surface area contributed by atoms with Crippen molar-refractivity contribution in [3.05, 3.63) is 12.7 Å². The monoisotopic (exact) mass is 170 g/mol. The van der Waals surface area contributed by atoms with Gasteiger partial charge < -0.3 is 4.74 Å². The molecule has 0 aliphatic rings. The van der Waals surface area contributed by atoms with E-state index >= 15 is 0 Å². The maximum Gasteiger partial charge on any atom is 0.308 e. The van der Waals surface area contributed by atoms with Crippen LogP contribution >= 0.6 is 0 Å². The van der Waals surface area contributed by atoms with Gasteiger partial charge in [-0.15, -0.1) is 6.58 Å². The molecule has 0 heterocycles. The molecule has 0 aromatic heterocycles. The van der Waals surface area contributed by atoms with Gasteiger partial charge in [0.25, 0.3) is 0 Å². The SMILES string of the molecule is C=CCC(C)C(=O)OCC(C)C. The molecule has 1 unspecified atom stereocenters. The topological polar surface area (TPSA) is 26.3 Å². The maximum absolute atomic E-state index is 11.2. The first-order valence-corrected chi connectivity index (χ1v) is 4.35. The highest BCUT2D eigenvalue weighted by Crippen LogP contribution is 2.05. The quantitative estimate of drug-likeness (QED) is 0.468. The van der Waals surface area contributed by atoms with Crippen molar-refractivity contribution in [3.63, 3.8) is 0 Å². The second-order valence-electron chi connectivity index (χ2n) is 3.45. The normalized spacial score (nSPS) is 12.7. The van der Waals surface area contributed by atoms with E-state index in [1.807, 2.05) is 20.8 Å². The number of hydrogen-bond donors (Lipinski definition) is 0. The average molecular weight is 170 g/mol. The summed E-state index contributed by atoms with van der Waals surface area (Å²) in [5, 5.41) is 0. The van der Waals surface area contributed by atoms with E-state index in [0.717, 1.165) is 0 Å². The predicted molar refractivity (Wildman–Crippen MR) is 49.8 cm³/mol. The van der Waals surface area contributed by atoms with Gasteiger partial charge in [0.05, 0.1) is 12.5 Å². The van der Waals surface area contributed by atoms with E-state index in [9.17, 15) is 4.79 Å². The predicted octanol–water partition coefficient (Wildman–Crippen LogP) is 2.40. The first-order valence-electron chi connectivity index (χ1n) is 4.35. The Labute approximate surface area is 74.6 Å². The summed E-state index contributed by atoms with van der Waals surface area (Å²) in [5.74, 6) is 0.231. The van der Waals surface area contributed by atoms with Crippen LogP contribution in [0.3, 0.4) is 0 Å². The molecule has 0 fully saturated rings. The van der Waals surface area contributed by atoms with Crippen molar-refractivity contribution in [2.24, 2.45) is 11.8 Å². The minimum absolute atomic E-state index is 0.0544. The van der Waals surface area contributed by atoms with E-state index in [2.05, 4.69) is 6.58 Å². The number of rotatable bonds is 5. The number of carbonyl (C=O) groups is 1. The lowest BCUT2D eigenvalue weighted by atomic mass is 10.1. The van der Waals surface area contributed by atoms with E-state index in [1.54, 1.807) is 6.08 Å². The van der Waals surface area contributed by atoms with Crippen molar-refractivity contribution < 1.29 is 9.53 Å². The summed E-state index contributed by atoms with van der Waals surface area (Å²) < 4.78 is 5.03. The molecule has 0 aliphatic heterocycles. The van der Waals surface area contributed by atoms with Gasteiger partial charge >= 0.3 is 5.97 Å². The van der Waals surface area contributed by atoms with Crippen LogP contribution in [-0.2, 0) is 9.53 Å². The van der Waals surface area contributed by atoms with Gasteiger partial charge in [-0.1, -0.05) is 26.8 Å². The zero-order valence-electron chi connectivity index (χ0n) is 8.17. The zero-order valence-corrected chi connectivity index (χ0v) is 8.17. The lowest BCUT2D eigenvalue weighted by molar-refractivity contribution is -0.148. The van der Waals surface area contributed by atoms with Crippen LogP contribution in [0, 0.1) is 11.8 Å². The summed E-state index contributed by atoms with van der Waals surface area (Å²) in [4.78, 5) is 11.2. The van der Waals surface area contributed by atoms with Crippen molar-refractivity contribution in [1.29, 1.82) is 0 Å². The van der Waals surface area contributed by atoms with Crippen molar-refractivity contribution in [3.8, 4) is 0 Å². The van der Waals surface area contributed by atoms with Crippen LogP contribution in [0.15, 0.2) is 12.7 Å². The lowest BCUT2D eigenvalue weighted by Crippen LogP contribution is -2.16. The molecule has 2 heteroatoms. The number of allylic oxidation sites excluding steroid dienone is 1. The van der Waals surface area contributed by atoms with Crippen LogP contribution < -0.4 is 0 Å². The van der Waals surface area contributed by atoms with E-state index in [1.165, 1.54) is 0 Å². The van der Waals surface area contributed by atoms with Gasteiger partial charge in [-0.05, 0) is 12.3 Å². The summed E-state index contributed by atoms with van der Waals surface area (Å²) in [6.07, 6.45) is 2.43. The molecule has 0 aromatic rings. The highest BCUT2D eigenvalue weighted by atomic mass is 16.5. The van der Waals surface area contributed by atoms with Crippen LogP contribution in [0.5, 0.6) is 0 Å². The molecule has 2 nitrogen and oxygen atoms in total. The van der Waals surface area contributed by atoms with Crippen LogP contribution in [0.1, 0.15) is 27.2 Å². The van der Waals surface area contributed by atoms with Crippen molar-refractivity contribution in [2.45, 2.75) is 27.2 Å². The largest absolute Gasteiger partial charge is 0.465 e. The van der Waals surface area contributed by atoms with Gasteiger partial charge in [0.15, 0.2) is 0 Å². The summed E-state index contributed by atoms with van der Waals surface area (Å²) in [7, 11) is 0. The van der Waals surface area contributed by atoms with Gasteiger partial charge in [-0.3, -0.25) is 4.79 Å². The Balaban J connectivity index is 3.63. The highest BCUT2D eigenvalue weighted by molar-refractivity contribution is 5.72. The summed E-state index contributed by atoms with van der Waals surface area (Å²) in [6.45, 7) is 9.97. The van der Waals surface area contributed by atoms with Gasteiger partial charge in [0.2, 0.25) is 0 Å². The van der Waals surface area contributed by atoms with Gasteiger partial charge in [-0.2, -0.15) is 0 Å². The molecule has 0 aliphatic carbocycles. The highest BCUT2D eigenvalue weighted by Gasteiger charge is 2.12. The lowest BCUT2D eigenvalue weighted by Gasteiger charge is -2.10. The molecule has 0 rings (SSSR count). The van der Waals surface area contributed by atoms with Gasteiger partial charge in [0, 0.05) is 0 Å². The second-order valence-corrected chi connectivity index (χ2v) is 3.45. The van der Waals surface area contributed by atoms with Crippen LogP contribution in [0.25, 0.3) is 0 Å². The Morgan fingerprint density at radius 2 is 2.08 bits per heavy atom. The Morgan fingerprint density at radius 1 is 1.50 bits per heavy atom. The van der Waals surface area contributed by atoms with Crippen molar-refractivity contribution in [1.82, 2.24) is 0 Å². The molecule has 0 saturated heterocycles. The maximum atomic E-state index is 11.2. The number of ether oxygens (including phenoxy) is 1. The Hall–Kier alpha value is -0.790. The summed E-state index contributed by atoms with van der Waals surface area (Å²) in [5.41, 5.74) is 0. The van der Waals surface area contributed by atoms with Crippen LogP contribution in [0.4, 0.5) is 0 Å². The van der Waals surface area contributed by atoms with E-state index < -0.39 is 0 Å². The fourth-order valence-corrected chi connectivity index (χ4v) is 0.737. The molecule has 12 heavy (non-hydrogen) atoms. The fourth-order valence-electron chi connectivity index (χ4n) is 0.737. The van der Waals surface area contributed by atoms with Crippen molar-refractivity contribution >= 4 is 5.97 Å². The third kappa shape index (κ3) is 4.94. The minimum Gasteiger partial charge on any atom is -0.465 e. The van der Waals surface area contributed by atoms with E-state index in [4.69, 9.17) is 4.74 Å².